The molecule has 0 atom stereocenters. The largest absolute Gasteiger partial charge is 0.468 e. The summed E-state index contributed by atoms with van der Waals surface area (Å²) in [5, 5.41) is 0. The van der Waals surface area contributed by atoms with E-state index in [1.54, 1.807) is 30.3 Å². The number of rotatable bonds is 5. The Morgan fingerprint density at radius 1 is 1.29 bits per heavy atom. The van der Waals surface area contributed by atoms with Crippen molar-refractivity contribution in [2.75, 3.05) is 23.7 Å². The van der Waals surface area contributed by atoms with E-state index >= 15 is 0 Å². The van der Waals surface area contributed by atoms with Crippen molar-refractivity contribution in [3.63, 3.8) is 0 Å². The van der Waals surface area contributed by atoms with Crippen molar-refractivity contribution in [2.24, 2.45) is 0 Å². The molecular weight excluding hydrogens is 242 g/mol. The third-order valence-corrected chi connectivity index (χ3v) is 3.99. The Kier molecular flexibility index (Phi) is 4.51. The summed E-state index contributed by atoms with van der Waals surface area (Å²) in [7, 11) is -2.26. The molecule has 0 spiro atoms. The molecular formula is C11H15NO4S. The lowest BCUT2D eigenvalue weighted by atomic mass is 10.3. The van der Waals surface area contributed by atoms with Gasteiger partial charge in [0.1, 0.15) is 6.54 Å². The van der Waals surface area contributed by atoms with Crippen molar-refractivity contribution >= 4 is 21.7 Å². The van der Waals surface area contributed by atoms with Gasteiger partial charge in [-0.3, -0.25) is 9.10 Å². The summed E-state index contributed by atoms with van der Waals surface area (Å²) in [6.45, 7) is 1.22. The van der Waals surface area contributed by atoms with Gasteiger partial charge in [0.05, 0.1) is 18.6 Å². The summed E-state index contributed by atoms with van der Waals surface area (Å²) in [6.07, 6.45) is 0. The second-order valence-electron chi connectivity index (χ2n) is 3.32. The highest BCUT2D eigenvalue weighted by Gasteiger charge is 2.23. The summed E-state index contributed by atoms with van der Waals surface area (Å²) in [5.74, 6) is -0.662. The van der Waals surface area contributed by atoms with Crippen LogP contribution in [0.1, 0.15) is 6.92 Å². The van der Waals surface area contributed by atoms with E-state index < -0.39 is 16.0 Å². The third kappa shape index (κ3) is 3.45. The van der Waals surface area contributed by atoms with E-state index in [4.69, 9.17) is 0 Å². The first-order valence-electron chi connectivity index (χ1n) is 5.13. The second-order valence-corrected chi connectivity index (χ2v) is 5.50. The van der Waals surface area contributed by atoms with E-state index in [0.717, 1.165) is 4.31 Å². The van der Waals surface area contributed by atoms with Gasteiger partial charge < -0.3 is 4.74 Å². The third-order valence-electron chi connectivity index (χ3n) is 2.25. The minimum atomic E-state index is -3.49. The zero-order valence-corrected chi connectivity index (χ0v) is 10.6. The molecule has 1 aromatic carbocycles. The molecule has 94 valence electrons. The fourth-order valence-electron chi connectivity index (χ4n) is 1.28. The topological polar surface area (TPSA) is 63.7 Å². The lowest BCUT2D eigenvalue weighted by Gasteiger charge is -2.22. The molecule has 0 bridgehead atoms. The van der Waals surface area contributed by atoms with Gasteiger partial charge in [0, 0.05) is 0 Å². The van der Waals surface area contributed by atoms with Crippen LogP contribution in [-0.4, -0.2) is 33.8 Å². The number of anilines is 1. The summed E-state index contributed by atoms with van der Waals surface area (Å²) in [6, 6.07) is 8.47. The highest BCUT2D eigenvalue weighted by Crippen LogP contribution is 2.17. The summed E-state index contributed by atoms with van der Waals surface area (Å²) < 4.78 is 29.3. The Morgan fingerprint density at radius 2 is 1.88 bits per heavy atom. The molecule has 0 N–H and O–H groups in total. The maximum Gasteiger partial charge on any atom is 0.326 e. The van der Waals surface area contributed by atoms with E-state index in [-0.39, 0.29) is 12.3 Å². The highest BCUT2D eigenvalue weighted by atomic mass is 32.2. The van der Waals surface area contributed by atoms with Gasteiger partial charge in [-0.05, 0) is 19.1 Å². The molecule has 0 saturated heterocycles. The van der Waals surface area contributed by atoms with Crippen LogP contribution in [0.4, 0.5) is 5.69 Å². The lowest BCUT2D eigenvalue weighted by Crippen LogP contribution is -2.37. The number of hydrogen-bond acceptors (Lipinski definition) is 4. The molecule has 0 radical (unpaired) electrons. The van der Waals surface area contributed by atoms with Crippen LogP contribution < -0.4 is 4.31 Å². The van der Waals surface area contributed by atoms with Gasteiger partial charge in [-0.25, -0.2) is 8.42 Å². The SMILES string of the molecule is CCS(=O)(=O)N(CC(=O)OC)c1ccccc1. The highest BCUT2D eigenvalue weighted by molar-refractivity contribution is 7.92. The maximum absolute atomic E-state index is 11.9. The van der Waals surface area contributed by atoms with Crippen molar-refractivity contribution < 1.29 is 17.9 Å². The Balaban J connectivity index is 3.08. The average molecular weight is 257 g/mol. The number of hydrogen-bond donors (Lipinski definition) is 0. The molecule has 0 aliphatic heterocycles. The number of carbonyl (C=O) groups excluding carboxylic acids is 1. The van der Waals surface area contributed by atoms with Gasteiger partial charge in [0.2, 0.25) is 10.0 Å². The average Bonchev–Trinajstić information content (AvgIpc) is 2.36. The molecule has 17 heavy (non-hydrogen) atoms. The fraction of sp³-hybridized carbons (Fsp3) is 0.364. The van der Waals surface area contributed by atoms with Crippen LogP contribution in [0, 0.1) is 0 Å². The molecule has 0 saturated carbocycles. The normalized spacial score (nSPS) is 10.9. The van der Waals surface area contributed by atoms with Crippen molar-refractivity contribution in [2.45, 2.75) is 6.92 Å². The van der Waals surface area contributed by atoms with E-state index in [1.165, 1.54) is 14.0 Å². The van der Waals surface area contributed by atoms with Crippen LogP contribution in [0.25, 0.3) is 0 Å². The second kappa shape index (κ2) is 5.67. The van der Waals surface area contributed by atoms with Crippen LogP contribution in [0.3, 0.4) is 0 Å². The molecule has 0 heterocycles. The number of benzene rings is 1. The maximum atomic E-state index is 11.9. The molecule has 0 aromatic heterocycles. The van der Waals surface area contributed by atoms with Crippen LogP contribution in [0.2, 0.25) is 0 Å². The number of sulfonamides is 1. The van der Waals surface area contributed by atoms with Gasteiger partial charge in [-0.15, -0.1) is 0 Å². The van der Waals surface area contributed by atoms with Crippen molar-refractivity contribution in [1.29, 1.82) is 0 Å². The Hall–Kier alpha value is -1.56. The van der Waals surface area contributed by atoms with Gasteiger partial charge in [0.15, 0.2) is 0 Å². The molecule has 0 unspecified atom stereocenters. The molecule has 0 amide bonds. The van der Waals surface area contributed by atoms with Crippen molar-refractivity contribution in [1.82, 2.24) is 0 Å². The van der Waals surface area contributed by atoms with Gasteiger partial charge in [-0.1, -0.05) is 18.2 Å². The summed E-state index contributed by atoms with van der Waals surface area (Å²) in [5.41, 5.74) is 0.458. The number of esters is 1. The monoisotopic (exact) mass is 257 g/mol. The number of para-hydroxylation sites is 1. The van der Waals surface area contributed by atoms with Gasteiger partial charge >= 0.3 is 5.97 Å². The fourth-order valence-corrected chi connectivity index (χ4v) is 2.34. The van der Waals surface area contributed by atoms with Gasteiger partial charge in [0.25, 0.3) is 0 Å². The first-order chi connectivity index (χ1) is 8.01. The van der Waals surface area contributed by atoms with Crippen LogP contribution in [0.5, 0.6) is 0 Å². The number of nitrogens with zero attached hydrogens (tertiary/aromatic N) is 1. The zero-order valence-electron chi connectivity index (χ0n) is 9.79. The minimum Gasteiger partial charge on any atom is -0.468 e. The van der Waals surface area contributed by atoms with Crippen molar-refractivity contribution in [3.8, 4) is 0 Å². The standard InChI is InChI=1S/C11H15NO4S/c1-3-17(14,15)12(9-11(13)16-2)10-7-5-4-6-8-10/h4-8H,3,9H2,1-2H3. The summed E-state index contributed by atoms with van der Waals surface area (Å²) in [4.78, 5) is 11.2. The van der Waals surface area contributed by atoms with E-state index in [1.807, 2.05) is 0 Å². The summed E-state index contributed by atoms with van der Waals surface area (Å²) >= 11 is 0. The molecule has 1 rings (SSSR count). The molecule has 1 aromatic rings. The first-order valence-corrected chi connectivity index (χ1v) is 6.74. The molecule has 0 aliphatic carbocycles. The Bertz CT molecular complexity index is 470. The number of methoxy groups -OCH3 is 1. The molecule has 0 aliphatic rings. The first kappa shape index (κ1) is 13.5. The minimum absolute atomic E-state index is 0.0705. The molecule has 6 heteroatoms. The van der Waals surface area contributed by atoms with Gasteiger partial charge in [-0.2, -0.15) is 0 Å². The predicted molar refractivity (Wildman–Crippen MR) is 65.3 cm³/mol. The number of ether oxygens (including phenoxy) is 1. The smallest absolute Gasteiger partial charge is 0.326 e. The van der Waals surface area contributed by atoms with E-state index in [9.17, 15) is 13.2 Å². The lowest BCUT2D eigenvalue weighted by molar-refractivity contribution is -0.138. The molecule has 5 nitrogen and oxygen atoms in total. The van der Waals surface area contributed by atoms with Crippen molar-refractivity contribution in [3.05, 3.63) is 30.3 Å². The predicted octanol–water partition coefficient (Wildman–Crippen LogP) is 1.02. The zero-order chi connectivity index (χ0) is 12.9. The quantitative estimate of drug-likeness (QED) is 0.739. The van der Waals surface area contributed by atoms with Crippen LogP contribution >= 0.6 is 0 Å². The van der Waals surface area contributed by atoms with Crippen LogP contribution in [-0.2, 0) is 19.6 Å². The van der Waals surface area contributed by atoms with E-state index in [0.29, 0.717) is 5.69 Å². The van der Waals surface area contributed by atoms with Crippen LogP contribution in [0.15, 0.2) is 30.3 Å². The molecule has 0 fully saturated rings. The van der Waals surface area contributed by atoms with E-state index in [2.05, 4.69) is 4.74 Å². The Labute approximate surface area is 101 Å². The number of carbonyl (C=O) groups is 1. The Morgan fingerprint density at radius 3 is 2.35 bits per heavy atom.